The summed E-state index contributed by atoms with van der Waals surface area (Å²) >= 11 is 0. The van der Waals surface area contributed by atoms with E-state index in [2.05, 4.69) is 0 Å². The third-order valence-corrected chi connectivity index (χ3v) is 0. The van der Waals surface area contributed by atoms with E-state index in [0.29, 0.717) is 0 Å². The van der Waals surface area contributed by atoms with Gasteiger partial charge in [-0.25, -0.2) is 0 Å². The van der Waals surface area contributed by atoms with Crippen LogP contribution in [0, 0.1) is 11.5 Å². The number of aliphatic hydroxyl groups is 1. The number of nitrogens with zero attached hydrogens (tertiary/aromatic N) is 1. The van der Waals surface area contributed by atoms with Gasteiger partial charge in [-0.1, -0.05) is 0 Å². The maximum atomic E-state index is 8.42. The Morgan fingerprint density at radius 2 is 1.10 bits per heavy atom. The molecule has 0 unspecified atom stereocenters. The van der Waals surface area contributed by atoms with Crippen LogP contribution in [0.5, 0.6) is 0 Å². The van der Waals surface area contributed by atoms with Crippen molar-refractivity contribution in [3.8, 4) is 6.26 Å². The molecule has 0 saturated heterocycles. The molecule has 0 saturated carbocycles. The van der Waals surface area contributed by atoms with Crippen LogP contribution < -0.4 is 169 Å². The predicted molar refractivity (Wildman–Crippen MR) is 13.3 cm³/mol. The Morgan fingerprint density at radius 3 is 1.10 bits per heavy atom. The Kier molecular flexibility index (Phi) is 85.4. The molecule has 0 bridgehead atoms. The Labute approximate surface area is 187 Å². The molecule has 0 heterocycles. The van der Waals surface area contributed by atoms with E-state index in [4.69, 9.17) is 25.4 Å². The van der Waals surface area contributed by atoms with Crippen LogP contribution in [-0.4, -0.2) is 12.4 Å². The summed E-state index contributed by atoms with van der Waals surface area (Å²) in [5.41, 5.74) is 0. The van der Waals surface area contributed by atoms with Gasteiger partial charge in [-0.2, -0.15) is 5.26 Å². The first-order valence-electron chi connectivity index (χ1n) is 1.15. The van der Waals surface area contributed by atoms with Crippen LogP contribution in [0.15, 0.2) is 0 Å². The molecule has 0 aromatic carbocycles. The molecule has 0 aliphatic rings. The van der Waals surface area contributed by atoms with Crippen molar-refractivity contribution in [2.24, 2.45) is 0 Å². The molecule has 0 spiro atoms. The second-order valence-corrected chi connectivity index (χ2v) is 0.389. The van der Waals surface area contributed by atoms with Crippen molar-refractivity contribution in [1.29, 1.82) is 5.26 Å². The molecule has 0 amide bonds. The predicted octanol–water partition coefficient (Wildman–Crippen LogP) is -13.1. The zero-order valence-corrected chi connectivity index (χ0v) is 15.6. The third-order valence-electron chi connectivity index (χ3n) is 0. The van der Waals surface area contributed by atoms with Crippen LogP contribution in [0.4, 0.5) is 0 Å². The monoisotopic (exact) mass is 219 g/mol. The Hall–Kier alpha value is 4.14. The Bertz CT molecular complexity index is 63.3. The van der Waals surface area contributed by atoms with Gasteiger partial charge >= 0.3 is 154 Å². The van der Waals surface area contributed by atoms with Crippen LogP contribution in [0.1, 0.15) is 0 Å². The van der Waals surface area contributed by atoms with Crippen molar-refractivity contribution in [1.82, 2.24) is 0 Å². The molecule has 0 radical (unpaired) electrons. The summed E-state index contributed by atoms with van der Waals surface area (Å²) in [4.78, 5) is 0. The van der Waals surface area contributed by atoms with E-state index in [0.717, 1.165) is 6.26 Å². The maximum Gasteiger partial charge on any atom is 1.00 e. The summed E-state index contributed by atoms with van der Waals surface area (Å²) in [5, 5.41) is 39.0. The van der Waals surface area contributed by atoms with Crippen molar-refractivity contribution >= 4 is 7.32 Å². The van der Waals surface area contributed by atoms with Crippen molar-refractivity contribution in [2.75, 3.05) is 0 Å². The van der Waals surface area contributed by atoms with Crippen molar-refractivity contribution in [3.05, 3.63) is 0 Å². The van der Waals surface area contributed by atoms with Gasteiger partial charge in [0.05, 0.1) is 0 Å². The Morgan fingerprint density at radius 1 is 1.10 bits per heavy atom. The molecule has 0 aliphatic carbocycles. The minimum atomic E-state index is -2.92. The minimum Gasteiger partial charge on any atom is -0.907 e. The van der Waals surface area contributed by atoms with Crippen LogP contribution in [0.3, 0.4) is 0 Å². The van der Waals surface area contributed by atoms with Gasteiger partial charge in [-0.15, -0.1) is 0 Å². The van der Waals surface area contributed by atoms with Gasteiger partial charge in [0.1, 0.15) is 0 Å². The van der Waals surface area contributed by atoms with Crippen LogP contribution in [0.2, 0.25) is 0 Å². The van der Waals surface area contributed by atoms with E-state index in [1.165, 1.54) is 0 Å². The fourth-order valence-corrected chi connectivity index (χ4v) is 0. The summed E-state index contributed by atoms with van der Waals surface area (Å²) < 4.78 is 0. The third kappa shape index (κ3) is 87.8. The molecule has 0 aromatic rings. The maximum absolute atomic E-state index is 8.42. The number of hydrogen-bond acceptors (Lipinski definition) is 5. The van der Waals surface area contributed by atoms with Gasteiger partial charge in [0.2, 0.25) is 0 Å². The molecule has 0 atom stereocenters. The molecule has 9 heteroatoms. The Balaban J connectivity index is -0.0000000131. The standard InChI is InChI=1S/CHNO.BO3.3K/c2-1-3;2-1(3)4;;;/h3H;;;;/q;-3;3*+1. The molecular formula is CHBK3NO4. The second kappa shape index (κ2) is 29.2. The van der Waals surface area contributed by atoms with Gasteiger partial charge in [0.15, 0.2) is 0 Å². The summed E-state index contributed by atoms with van der Waals surface area (Å²) in [6.45, 7) is 0. The summed E-state index contributed by atoms with van der Waals surface area (Å²) in [6, 6.07) is 0. The average Bonchev–Trinajstić information content (AvgIpc) is 1.33. The fourth-order valence-electron chi connectivity index (χ4n) is 0. The van der Waals surface area contributed by atoms with Gasteiger partial charge in [-0.3, -0.25) is 7.32 Å². The fraction of sp³-hybridized carbons (Fsp3) is 0. The first-order valence-corrected chi connectivity index (χ1v) is 1.15. The zero-order chi connectivity index (χ0) is 6.28. The van der Waals surface area contributed by atoms with Gasteiger partial charge in [-0.05, 0) is 0 Å². The van der Waals surface area contributed by atoms with E-state index in [1.807, 2.05) is 0 Å². The molecular weight excluding hydrogens is 218 g/mol. The number of rotatable bonds is 0. The average molecular weight is 219 g/mol. The van der Waals surface area contributed by atoms with E-state index >= 15 is 0 Å². The normalized spacial score (nSPS) is 3.40. The number of hydrogen-bond donors (Lipinski definition) is 1. The largest absolute Gasteiger partial charge is 1.00 e. The van der Waals surface area contributed by atoms with Gasteiger partial charge < -0.3 is 20.2 Å². The summed E-state index contributed by atoms with van der Waals surface area (Å²) in [6.07, 6.45) is 0.750. The van der Waals surface area contributed by atoms with E-state index in [-0.39, 0.29) is 154 Å². The summed E-state index contributed by atoms with van der Waals surface area (Å²) in [7, 11) is -2.92. The first-order chi connectivity index (χ1) is 3.15. The molecule has 0 fully saturated rings. The minimum absolute atomic E-state index is 0. The quantitative estimate of drug-likeness (QED) is 0.321. The summed E-state index contributed by atoms with van der Waals surface area (Å²) in [5.74, 6) is 0. The first kappa shape index (κ1) is 29.2. The van der Waals surface area contributed by atoms with E-state index in [1.54, 1.807) is 0 Å². The molecule has 5 nitrogen and oxygen atoms in total. The van der Waals surface area contributed by atoms with Crippen molar-refractivity contribution in [3.63, 3.8) is 0 Å². The van der Waals surface area contributed by atoms with Gasteiger partial charge in [0, 0.05) is 0 Å². The van der Waals surface area contributed by atoms with Crippen molar-refractivity contribution in [2.45, 2.75) is 0 Å². The van der Waals surface area contributed by atoms with Crippen LogP contribution in [0.25, 0.3) is 0 Å². The second-order valence-electron chi connectivity index (χ2n) is 0.389. The molecule has 10 heavy (non-hydrogen) atoms. The van der Waals surface area contributed by atoms with E-state index in [9.17, 15) is 0 Å². The molecule has 1 N–H and O–H groups in total. The SMILES string of the molecule is N#CO.[K+].[K+].[K+].[O-]B([O-])[O-]. The smallest absolute Gasteiger partial charge is 0.907 e. The van der Waals surface area contributed by atoms with Gasteiger partial charge in [0.25, 0.3) is 6.26 Å². The number of nitriles is 1. The topological polar surface area (TPSA) is 113 Å². The van der Waals surface area contributed by atoms with Crippen LogP contribution >= 0.6 is 0 Å². The zero-order valence-electron chi connectivity index (χ0n) is 6.20. The molecule has 0 aliphatic heterocycles. The molecule has 0 aromatic heterocycles. The van der Waals surface area contributed by atoms with Crippen molar-refractivity contribution < 1.29 is 174 Å². The molecule has 0 rings (SSSR count). The number of aliphatic hydroxyl groups excluding tert-OH is 1. The van der Waals surface area contributed by atoms with E-state index < -0.39 is 7.32 Å². The van der Waals surface area contributed by atoms with Crippen LogP contribution in [-0.2, 0) is 0 Å². The molecule has 40 valence electrons.